The zero-order valence-corrected chi connectivity index (χ0v) is 18.7. The number of hydrogen-bond acceptors (Lipinski definition) is 2. The lowest BCUT2D eigenvalue weighted by atomic mass is 9.60. The zero-order valence-electron chi connectivity index (χ0n) is 18.7. The van der Waals surface area contributed by atoms with E-state index in [4.69, 9.17) is 0 Å². The summed E-state index contributed by atoms with van der Waals surface area (Å²) in [7, 11) is 0. The van der Waals surface area contributed by atoms with Crippen molar-refractivity contribution in [3.8, 4) is 5.75 Å². The third-order valence-electron chi connectivity index (χ3n) is 8.38. The molecule has 0 aliphatic heterocycles. The van der Waals surface area contributed by atoms with Gasteiger partial charge in [0.05, 0.1) is 6.10 Å². The molecule has 0 amide bonds. The molecular formula is C28H38O2. The number of allylic oxidation sites excluding steroid dienone is 4. The van der Waals surface area contributed by atoms with Gasteiger partial charge in [0.2, 0.25) is 0 Å². The summed E-state index contributed by atoms with van der Waals surface area (Å²) < 4.78 is 0. The molecule has 0 bridgehead atoms. The molecule has 3 fully saturated rings. The van der Waals surface area contributed by atoms with Crippen molar-refractivity contribution in [1.82, 2.24) is 0 Å². The van der Waals surface area contributed by atoms with Gasteiger partial charge in [0, 0.05) is 0 Å². The van der Waals surface area contributed by atoms with E-state index in [-0.39, 0.29) is 6.10 Å². The van der Waals surface area contributed by atoms with Crippen LogP contribution in [0.2, 0.25) is 0 Å². The van der Waals surface area contributed by atoms with Crippen molar-refractivity contribution >= 4 is 0 Å². The lowest BCUT2D eigenvalue weighted by Gasteiger charge is -2.44. The summed E-state index contributed by atoms with van der Waals surface area (Å²) in [5.74, 6) is 2.41. The van der Waals surface area contributed by atoms with Gasteiger partial charge in [-0.15, -0.1) is 0 Å². The van der Waals surface area contributed by atoms with Gasteiger partial charge in [-0.25, -0.2) is 0 Å². The monoisotopic (exact) mass is 406 g/mol. The Labute approximate surface area is 182 Å². The fraction of sp³-hybridized carbons (Fsp3) is 0.571. The maximum Gasteiger partial charge on any atom is 0.115 e. The average molecular weight is 407 g/mol. The van der Waals surface area contributed by atoms with Crippen molar-refractivity contribution in [2.45, 2.75) is 77.7 Å². The zero-order chi connectivity index (χ0) is 21.3. The molecule has 0 heterocycles. The van der Waals surface area contributed by atoms with Crippen molar-refractivity contribution in [2.75, 3.05) is 0 Å². The second-order valence-electron chi connectivity index (χ2n) is 10.4. The molecule has 0 saturated heterocycles. The molecular weight excluding hydrogens is 368 g/mol. The van der Waals surface area contributed by atoms with Gasteiger partial charge in [0.15, 0.2) is 0 Å². The highest BCUT2D eigenvalue weighted by Gasteiger charge is 2.50. The van der Waals surface area contributed by atoms with E-state index >= 15 is 0 Å². The first-order valence-corrected chi connectivity index (χ1v) is 11.9. The molecule has 3 aliphatic rings. The fourth-order valence-corrected chi connectivity index (χ4v) is 6.81. The first-order valence-electron chi connectivity index (χ1n) is 11.9. The van der Waals surface area contributed by atoms with E-state index in [0.717, 1.165) is 31.6 Å². The highest BCUT2D eigenvalue weighted by atomic mass is 16.3. The van der Waals surface area contributed by atoms with Gasteiger partial charge in [0.25, 0.3) is 0 Å². The van der Waals surface area contributed by atoms with Crippen LogP contribution in [0.4, 0.5) is 0 Å². The molecule has 0 unspecified atom stereocenters. The second kappa shape index (κ2) is 8.75. The van der Waals surface area contributed by atoms with Crippen LogP contribution < -0.4 is 0 Å². The van der Waals surface area contributed by atoms with Crippen LogP contribution in [0.3, 0.4) is 0 Å². The van der Waals surface area contributed by atoms with Gasteiger partial charge < -0.3 is 10.2 Å². The Kier molecular flexibility index (Phi) is 6.25. The number of aliphatic hydroxyl groups excluding tert-OH is 1. The van der Waals surface area contributed by atoms with E-state index < -0.39 is 0 Å². The minimum Gasteiger partial charge on any atom is -0.508 e. The SMILES string of the molecule is C=C1CC[C@H](O)C/C1=C/C=C1\CCC[C@]2(C)[C@@H]([C@H](C)Cc3cccc(O)c3)CC[C@@H]12. The molecule has 4 rings (SSSR count). The number of fused-ring (bicyclic) bond motifs is 1. The van der Waals surface area contributed by atoms with E-state index in [1.165, 1.54) is 48.8 Å². The molecule has 0 aromatic heterocycles. The first-order chi connectivity index (χ1) is 14.4. The van der Waals surface area contributed by atoms with Gasteiger partial charge in [-0.3, -0.25) is 0 Å². The normalized spacial score (nSPS) is 35.6. The Balaban J connectivity index is 1.51. The minimum absolute atomic E-state index is 0.203. The molecule has 162 valence electrons. The summed E-state index contributed by atoms with van der Waals surface area (Å²) in [5.41, 5.74) is 5.71. The summed E-state index contributed by atoms with van der Waals surface area (Å²) in [5, 5.41) is 19.9. The minimum atomic E-state index is -0.203. The maximum absolute atomic E-state index is 10.0. The molecule has 5 atom stereocenters. The van der Waals surface area contributed by atoms with Crippen LogP contribution in [-0.2, 0) is 6.42 Å². The van der Waals surface area contributed by atoms with Crippen LogP contribution in [0.5, 0.6) is 5.75 Å². The number of hydrogen-bond donors (Lipinski definition) is 2. The van der Waals surface area contributed by atoms with Gasteiger partial charge in [-0.2, -0.15) is 0 Å². The molecule has 2 heteroatoms. The highest BCUT2D eigenvalue weighted by Crippen LogP contribution is 2.59. The van der Waals surface area contributed by atoms with Crippen LogP contribution in [0.1, 0.15) is 70.8 Å². The van der Waals surface area contributed by atoms with Crippen molar-refractivity contribution in [3.63, 3.8) is 0 Å². The Hall–Kier alpha value is -1.80. The lowest BCUT2D eigenvalue weighted by Crippen LogP contribution is -2.36. The van der Waals surface area contributed by atoms with Crippen molar-refractivity contribution in [1.29, 1.82) is 0 Å². The fourth-order valence-electron chi connectivity index (χ4n) is 6.81. The van der Waals surface area contributed by atoms with Crippen LogP contribution in [0, 0.1) is 23.2 Å². The highest BCUT2D eigenvalue weighted by molar-refractivity contribution is 5.36. The summed E-state index contributed by atoms with van der Waals surface area (Å²) in [6, 6.07) is 7.79. The molecule has 1 aromatic carbocycles. The topological polar surface area (TPSA) is 40.5 Å². The molecule has 0 radical (unpaired) electrons. The first kappa shape index (κ1) is 21.4. The Bertz CT molecular complexity index is 848. The number of rotatable bonds is 4. The van der Waals surface area contributed by atoms with Crippen molar-refractivity contribution < 1.29 is 10.2 Å². The van der Waals surface area contributed by atoms with E-state index in [2.05, 4.69) is 38.6 Å². The quantitative estimate of drug-likeness (QED) is 0.581. The van der Waals surface area contributed by atoms with E-state index in [0.29, 0.717) is 23.0 Å². The Morgan fingerprint density at radius 3 is 2.83 bits per heavy atom. The molecule has 3 aliphatic carbocycles. The van der Waals surface area contributed by atoms with Crippen LogP contribution in [0.15, 0.2) is 59.7 Å². The summed E-state index contributed by atoms with van der Waals surface area (Å²) in [6.45, 7) is 9.18. The average Bonchev–Trinajstić information content (AvgIpc) is 3.06. The largest absolute Gasteiger partial charge is 0.508 e. The summed E-state index contributed by atoms with van der Waals surface area (Å²) in [4.78, 5) is 0. The number of phenolic OH excluding ortho intramolecular Hbond substituents is 1. The van der Waals surface area contributed by atoms with Gasteiger partial charge >= 0.3 is 0 Å². The van der Waals surface area contributed by atoms with E-state index in [9.17, 15) is 10.2 Å². The molecule has 0 spiro atoms. The number of aliphatic hydroxyl groups is 1. The van der Waals surface area contributed by atoms with E-state index in [1.807, 2.05) is 12.1 Å². The third kappa shape index (κ3) is 4.30. The van der Waals surface area contributed by atoms with E-state index in [1.54, 1.807) is 11.6 Å². The van der Waals surface area contributed by atoms with Crippen molar-refractivity contribution in [3.05, 3.63) is 65.3 Å². The molecule has 1 aromatic rings. The third-order valence-corrected chi connectivity index (χ3v) is 8.38. The van der Waals surface area contributed by atoms with Gasteiger partial charge in [0.1, 0.15) is 5.75 Å². The Morgan fingerprint density at radius 1 is 1.20 bits per heavy atom. The van der Waals surface area contributed by atoms with Gasteiger partial charge in [-0.1, -0.05) is 55.9 Å². The number of benzene rings is 1. The maximum atomic E-state index is 10.0. The standard InChI is InChI=1S/C28H38O2/c1-19-9-12-25(30)18-23(19)11-10-22-7-5-15-28(3)26(13-14-27(22)28)20(2)16-21-6-4-8-24(29)17-21/h4,6,8,10-11,17,20,25-27,29-30H,1,5,7,9,12-16,18H2,2-3H3/b22-10+,23-11-/t20-,25+,26-,27+,28-/m1/s1. The predicted molar refractivity (Wildman–Crippen MR) is 124 cm³/mol. The van der Waals surface area contributed by atoms with Gasteiger partial charge in [-0.05, 0) is 104 Å². The molecule has 2 nitrogen and oxygen atoms in total. The summed E-state index contributed by atoms with van der Waals surface area (Å²) in [6.07, 6.45) is 14.5. The second-order valence-corrected chi connectivity index (χ2v) is 10.4. The van der Waals surface area contributed by atoms with Crippen LogP contribution in [0.25, 0.3) is 0 Å². The number of aromatic hydroxyl groups is 1. The predicted octanol–water partition coefficient (Wildman–Crippen LogP) is 6.74. The number of phenols is 1. The van der Waals surface area contributed by atoms with Crippen LogP contribution in [-0.4, -0.2) is 16.3 Å². The van der Waals surface area contributed by atoms with Crippen LogP contribution >= 0.6 is 0 Å². The lowest BCUT2D eigenvalue weighted by molar-refractivity contribution is 0.0975. The Morgan fingerprint density at radius 2 is 2.03 bits per heavy atom. The molecule has 3 saturated carbocycles. The smallest absolute Gasteiger partial charge is 0.115 e. The summed E-state index contributed by atoms with van der Waals surface area (Å²) >= 11 is 0. The molecule has 2 N–H and O–H groups in total. The van der Waals surface area contributed by atoms with Crippen molar-refractivity contribution in [2.24, 2.45) is 23.2 Å². The molecule has 30 heavy (non-hydrogen) atoms.